The molecule has 0 radical (unpaired) electrons. The highest BCUT2D eigenvalue weighted by Gasteiger charge is 2.09. The predicted octanol–water partition coefficient (Wildman–Crippen LogP) is 2.49. The predicted molar refractivity (Wildman–Crippen MR) is 94.5 cm³/mol. The van der Waals surface area contributed by atoms with Crippen LogP contribution in [0.1, 0.15) is 33.2 Å². The van der Waals surface area contributed by atoms with Crippen LogP contribution < -0.4 is 15.6 Å². The molecule has 2 rings (SSSR count). The molecule has 0 aliphatic heterocycles. The third-order valence-corrected chi connectivity index (χ3v) is 3.40. The van der Waals surface area contributed by atoms with E-state index in [4.69, 9.17) is 9.47 Å². The quantitative estimate of drug-likeness (QED) is 0.599. The maximum absolute atomic E-state index is 12.2. The van der Waals surface area contributed by atoms with Gasteiger partial charge in [-0.1, -0.05) is 23.8 Å². The highest BCUT2D eigenvalue weighted by molar-refractivity contribution is 5.99. The summed E-state index contributed by atoms with van der Waals surface area (Å²) < 4.78 is 10.7. The molecule has 0 saturated carbocycles. The summed E-state index contributed by atoms with van der Waals surface area (Å²) in [5.41, 5.74) is 6.71. The van der Waals surface area contributed by atoms with Crippen molar-refractivity contribution in [3.63, 3.8) is 0 Å². The van der Waals surface area contributed by atoms with Crippen molar-refractivity contribution >= 4 is 11.8 Å². The number of hydrogen-bond donors (Lipinski definition) is 2. The first-order chi connectivity index (χ1) is 12.1. The summed E-state index contributed by atoms with van der Waals surface area (Å²) >= 11 is 0. The number of hydrogen-bond acceptors (Lipinski definition) is 4. The van der Waals surface area contributed by atoms with Gasteiger partial charge in [-0.2, -0.15) is 0 Å². The van der Waals surface area contributed by atoms with Crippen molar-refractivity contribution in [2.24, 2.45) is 0 Å². The van der Waals surface area contributed by atoms with Crippen LogP contribution in [0.5, 0.6) is 5.75 Å². The van der Waals surface area contributed by atoms with Gasteiger partial charge in [0.05, 0.1) is 6.61 Å². The number of rotatable bonds is 7. The number of nitrogens with one attached hydrogen (secondary N) is 2. The molecular weight excluding hydrogens is 320 g/mol. The van der Waals surface area contributed by atoms with Crippen LogP contribution in [0.25, 0.3) is 0 Å². The lowest BCUT2D eigenvalue weighted by Gasteiger charge is -2.10. The van der Waals surface area contributed by atoms with Crippen LogP contribution in [0, 0.1) is 6.92 Å². The zero-order valence-electron chi connectivity index (χ0n) is 14.4. The largest absolute Gasteiger partial charge is 0.491 e. The third-order valence-electron chi connectivity index (χ3n) is 3.40. The smallest absolute Gasteiger partial charge is 0.269 e. The van der Waals surface area contributed by atoms with Crippen molar-refractivity contribution in [3.8, 4) is 5.75 Å². The minimum absolute atomic E-state index is 0.377. The van der Waals surface area contributed by atoms with Crippen LogP contribution in [-0.4, -0.2) is 31.6 Å². The van der Waals surface area contributed by atoms with Gasteiger partial charge in [-0.3, -0.25) is 20.4 Å². The van der Waals surface area contributed by atoms with E-state index in [1.807, 2.05) is 26.0 Å². The molecule has 0 spiro atoms. The molecule has 0 aromatic heterocycles. The summed E-state index contributed by atoms with van der Waals surface area (Å²) in [6, 6.07) is 13.8. The molecule has 0 heterocycles. The highest BCUT2D eigenvalue weighted by atomic mass is 16.5. The van der Waals surface area contributed by atoms with Gasteiger partial charge in [0, 0.05) is 17.7 Å². The van der Waals surface area contributed by atoms with Crippen LogP contribution in [0.4, 0.5) is 0 Å². The van der Waals surface area contributed by atoms with Crippen LogP contribution in [-0.2, 0) is 4.74 Å². The standard InChI is InChI=1S/C19H22N2O4/c1-3-24-11-12-25-17-6-4-5-16(13-17)19(23)21-20-18(22)15-9-7-14(2)8-10-15/h4-10,13H,3,11-12H2,1-2H3,(H,20,22)(H,21,23). The second kappa shape index (κ2) is 9.44. The fourth-order valence-electron chi connectivity index (χ4n) is 2.05. The van der Waals surface area contributed by atoms with E-state index < -0.39 is 5.91 Å². The SMILES string of the molecule is CCOCCOc1cccc(C(=O)NNC(=O)c2ccc(C)cc2)c1. The minimum atomic E-state index is -0.421. The summed E-state index contributed by atoms with van der Waals surface area (Å²) in [6.07, 6.45) is 0. The Balaban J connectivity index is 1.87. The first-order valence-electron chi connectivity index (χ1n) is 8.08. The van der Waals surface area contributed by atoms with Crippen LogP contribution in [0.2, 0.25) is 0 Å². The van der Waals surface area contributed by atoms with Gasteiger partial charge in [0.15, 0.2) is 0 Å². The van der Waals surface area contributed by atoms with Gasteiger partial charge in [-0.25, -0.2) is 0 Å². The molecular formula is C19H22N2O4. The van der Waals surface area contributed by atoms with Crippen molar-refractivity contribution in [1.82, 2.24) is 10.9 Å². The molecule has 132 valence electrons. The number of benzene rings is 2. The van der Waals surface area contributed by atoms with E-state index in [1.54, 1.807) is 36.4 Å². The first-order valence-corrected chi connectivity index (χ1v) is 8.08. The second-order valence-electron chi connectivity index (χ2n) is 5.35. The molecule has 0 aliphatic rings. The molecule has 0 aliphatic carbocycles. The van der Waals surface area contributed by atoms with E-state index in [0.29, 0.717) is 36.7 Å². The van der Waals surface area contributed by atoms with Gasteiger partial charge >= 0.3 is 0 Å². The number of aryl methyl sites for hydroxylation is 1. The number of hydrazine groups is 1. The van der Waals surface area contributed by atoms with Gasteiger partial charge in [0.25, 0.3) is 11.8 Å². The normalized spacial score (nSPS) is 10.2. The Kier molecular flexibility index (Phi) is 6.98. The highest BCUT2D eigenvalue weighted by Crippen LogP contribution is 2.13. The van der Waals surface area contributed by atoms with E-state index in [9.17, 15) is 9.59 Å². The molecule has 0 fully saturated rings. The monoisotopic (exact) mass is 342 g/mol. The zero-order chi connectivity index (χ0) is 18.1. The second-order valence-corrected chi connectivity index (χ2v) is 5.35. The Bertz CT molecular complexity index is 714. The fourth-order valence-corrected chi connectivity index (χ4v) is 2.05. The molecule has 2 amide bonds. The summed E-state index contributed by atoms with van der Waals surface area (Å²) in [6.45, 7) is 5.37. The number of carbonyl (C=O) groups excluding carboxylic acids is 2. The summed E-state index contributed by atoms with van der Waals surface area (Å²) in [5.74, 6) is -0.231. The summed E-state index contributed by atoms with van der Waals surface area (Å²) in [7, 11) is 0. The molecule has 0 unspecified atom stereocenters. The Morgan fingerprint density at radius 3 is 2.28 bits per heavy atom. The molecule has 2 aromatic rings. The number of amides is 2. The zero-order valence-corrected chi connectivity index (χ0v) is 14.4. The molecule has 6 heteroatoms. The molecule has 6 nitrogen and oxygen atoms in total. The van der Waals surface area contributed by atoms with E-state index >= 15 is 0 Å². The Morgan fingerprint density at radius 1 is 0.920 bits per heavy atom. The minimum Gasteiger partial charge on any atom is -0.491 e. The maximum Gasteiger partial charge on any atom is 0.269 e. The molecule has 2 aromatic carbocycles. The Morgan fingerprint density at radius 2 is 1.60 bits per heavy atom. The van der Waals surface area contributed by atoms with Crippen molar-refractivity contribution in [2.75, 3.05) is 19.8 Å². The lowest BCUT2D eigenvalue weighted by atomic mass is 10.1. The Hall–Kier alpha value is -2.86. The summed E-state index contributed by atoms with van der Waals surface area (Å²) in [5, 5.41) is 0. The van der Waals surface area contributed by atoms with E-state index in [-0.39, 0.29) is 5.91 Å². The van der Waals surface area contributed by atoms with Crippen molar-refractivity contribution < 1.29 is 19.1 Å². The van der Waals surface area contributed by atoms with E-state index in [0.717, 1.165) is 5.56 Å². The maximum atomic E-state index is 12.2. The van der Waals surface area contributed by atoms with Crippen LogP contribution in [0.15, 0.2) is 48.5 Å². The first kappa shape index (κ1) is 18.5. The molecule has 0 bridgehead atoms. The van der Waals surface area contributed by atoms with Crippen molar-refractivity contribution in [2.45, 2.75) is 13.8 Å². The van der Waals surface area contributed by atoms with Gasteiger partial charge < -0.3 is 9.47 Å². The van der Waals surface area contributed by atoms with Gasteiger partial charge in [0.2, 0.25) is 0 Å². The van der Waals surface area contributed by atoms with Gasteiger partial charge in [-0.05, 0) is 44.2 Å². The molecule has 0 saturated heterocycles. The van der Waals surface area contributed by atoms with Crippen molar-refractivity contribution in [1.29, 1.82) is 0 Å². The molecule has 25 heavy (non-hydrogen) atoms. The topological polar surface area (TPSA) is 76.7 Å². The van der Waals surface area contributed by atoms with Gasteiger partial charge in [-0.15, -0.1) is 0 Å². The van der Waals surface area contributed by atoms with Gasteiger partial charge in [0.1, 0.15) is 12.4 Å². The van der Waals surface area contributed by atoms with Crippen LogP contribution >= 0.6 is 0 Å². The average molecular weight is 342 g/mol. The van der Waals surface area contributed by atoms with E-state index in [2.05, 4.69) is 10.9 Å². The third kappa shape index (κ3) is 5.93. The number of ether oxygens (including phenoxy) is 2. The molecule has 2 N–H and O–H groups in total. The lowest BCUT2D eigenvalue weighted by molar-refractivity contribution is 0.0846. The fraction of sp³-hybridized carbons (Fsp3) is 0.263. The average Bonchev–Trinajstić information content (AvgIpc) is 2.64. The number of carbonyl (C=O) groups is 2. The Labute approximate surface area is 147 Å². The van der Waals surface area contributed by atoms with Crippen LogP contribution in [0.3, 0.4) is 0 Å². The summed E-state index contributed by atoms with van der Waals surface area (Å²) in [4.78, 5) is 24.2. The van der Waals surface area contributed by atoms with Crippen molar-refractivity contribution in [3.05, 3.63) is 65.2 Å². The lowest BCUT2D eigenvalue weighted by Crippen LogP contribution is -2.41. The molecule has 0 atom stereocenters. The van der Waals surface area contributed by atoms with E-state index in [1.165, 1.54) is 0 Å².